The SMILES string of the molecule is Brc1nccn1C1CCSC1. The highest BCUT2D eigenvalue weighted by Gasteiger charge is 2.18. The van der Waals surface area contributed by atoms with Crippen molar-refractivity contribution in [2.75, 3.05) is 11.5 Å². The van der Waals surface area contributed by atoms with Gasteiger partial charge < -0.3 is 4.57 Å². The normalized spacial score (nSPS) is 24.3. The summed E-state index contributed by atoms with van der Waals surface area (Å²) in [5.41, 5.74) is 0. The van der Waals surface area contributed by atoms with E-state index in [1.807, 2.05) is 24.2 Å². The highest BCUT2D eigenvalue weighted by Crippen LogP contribution is 2.29. The maximum Gasteiger partial charge on any atom is 0.177 e. The van der Waals surface area contributed by atoms with Gasteiger partial charge in [0.05, 0.1) is 0 Å². The number of rotatable bonds is 1. The zero-order valence-corrected chi connectivity index (χ0v) is 8.44. The molecule has 0 amide bonds. The van der Waals surface area contributed by atoms with Crippen molar-refractivity contribution in [3.05, 3.63) is 17.1 Å². The van der Waals surface area contributed by atoms with Gasteiger partial charge in [-0.1, -0.05) is 0 Å². The molecule has 60 valence electrons. The van der Waals surface area contributed by atoms with E-state index in [4.69, 9.17) is 0 Å². The van der Waals surface area contributed by atoms with E-state index >= 15 is 0 Å². The molecule has 11 heavy (non-hydrogen) atoms. The third-order valence-electron chi connectivity index (χ3n) is 1.92. The van der Waals surface area contributed by atoms with Crippen molar-refractivity contribution in [2.24, 2.45) is 0 Å². The van der Waals surface area contributed by atoms with E-state index in [1.165, 1.54) is 17.9 Å². The Morgan fingerprint density at radius 3 is 3.18 bits per heavy atom. The van der Waals surface area contributed by atoms with Crippen LogP contribution < -0.4 is 0 Å². The van der Waals surface area contributed by atoms with E-state index in [-0.39, 0.29) is 0 Å². The molecule has 0 N–H and O–H groups in total. The fraction of sp³-hybridized carbons (Fsp3) is 0.571. The van der Waals surface area contributed by atoms with Crippen LogP contribution in [0.25, 0.3) is 0 Å². The smallest absolute Gasteiger partial charge is 0.177 e. The van der Waals surface area contributed by atoms with Crippen LogP contribution in [0.15, 0.2) is 17.1 Å². The first-order chi connectivity index (χ1) is 5.38. The molecule has 0 radical (unpaired) electrons. The van der Waals surface area contributed by atoms with Crippen molar-refractivity contribution in [1.82, 2.24) is 9.55 Å². The predicted molar refractivity (Wildman–Crippen MR) is 50.9 cm³/mol. The van der Waals surface area contributed by atoms with Gasteiger partial charge in [0, 0.05) is 24.2 Å². The average Bonchev–Trinajstić information content (AvgIpc) is 2.55. The summed E-state index contributed by atoms with van der Waals surface area (Å²) in [7, 11) is 0. The Hall–Kier alpha value is 0.0400. The minimum absolute atomic E-state index is 0.664. The van der Waals surface area contributed by atoms with Crippen LogP contribution in [0.4, 0.5) is 0 Å². The summed E-state index contributed by atoms with van der Waals surface area (Å²) in [5.74, 6) is 2.52. The van der Waals surface area contributed by atoms with Crippen LogP contribution in [0.2, 0.25) is 0 Å². The quantitative estimate of drug-likeness (QED) is 0.740. The molecular formula is C7H9BrN2S. The lowest BCUT2D eigenvalue weighted by atomic mass is 10.3. The molecule has 1 saturated heterocycles. The lowest BCUT2D eigenvalue weighted by Gasteiger charge is -2.10. The molecular weight excluding hydrogens is 224 g/mol. The van der Waals surface area contributed by atoms with Crippen LogP contribution >= 0.6 is 27.7 Å². The van der Waals surface area contributed by atoms with Gasteiger partial charge in [-0.15, -0.1) is 0 Å². The molecule has 2 rings (SSSR count). The van der Waals surface area contributed by atoms with Gasteiger partial charge in [0.15, 0.2) is 4.73 Å². The molecule has 1 aliphatic heterocycles. The predicted octanol–water partition coefficient (Wildman–Crippen LogP) is 2.32. The second-order valence-corrected chi connectivity index (χ2v) is 4.48. The third-order valence-corrected chi connectivity index (χ3v) is 3.68. The first kappa shape index (κ1) is 7.68. The summed E-state index contributed by atoms with van der Waals surface area (Å²) in [4.78, 5) is 4.13. The first-order valence-corrected chi connectivity index (χ1v) is 5.59. The summed E-state index contributed by atoms with van der Waals surface area (Å²) in [6.45, 7) is 0. The minimum Gasteiger partial charge on any atom is -0.322 e. The maximum absolute atomic E-state index is 4.13. The molecule has 0 saturated carbocycles. The Morgan fingerprint density at radius 2 is 2.64 bits per heavy atom. The van der Waals surface area contributed by atoms with Gasteiger partial charge in [0.2, 0.25) is 0 Å². The Morgan fingerprint density at radius 1 is 1.73 bits per heavy atom. The van der Waals surface area contributed by atoms with Gasteiger partial charge in [0.1, 0.15) is 0 Å². The van der Waals surface area contributed by atoms with Crippen molar-refractivity contribution in [3.8, 4) is 0 Å². The Balaban J connectivity index is 2.21. The Labute approximate surface area is 78.5 Å². The highest BCUT2D eigenvalue weighted by atomic mass is 79.9. The van der Waals surface area contributed by atoms with Gasteiger partial charge in [-0.3, -0.25) is 0 Å². The number of imidazole rings is 1. The summed E-state index contributed by atoms with van der Waals surface area (Å²) < 4.78 is 3.17. The fourth-order valence-corrected chi connectivity index (χ4v) is 3.04. The highest BCUT2D eigenvalue weighted by molar-refractivity contribution is 9.10. The summed E-state index contributed by atoms with van der Waals surface area (Å²) >= 11 is 5.44. The van der Waals surface area contributed by atoms with Crippen molar-refractivity contribution >= 4 is 27.7 Å². The molecule has 4 heteroatoms. The zero-order valence-electron chi connectivity index (χ0n) is 6.03. The van der Waals surface area contributed by atoms with Gasteiger partial charge in [-0.25, -0.2) is 4.98 Å². The summed E-state index contributed by atoms with van der Waals surface area (Å²) in [6, 6.07) is 0.664. The standard InChI is InChI=1S/C7H9BrN2S/c8-7-9-2-3-10(7)6-1-4-11-5-6/h2-3,6H,1,4-5H2. The Bertz CT molecular complexity index is 242. The van der Waals surface area contributed by atoms with E-state index in [0.717, 1.165) is 4.73 Å². The Kier molecular flexibility index (Phi) is 2.23. The number of thioether (sulfide) groups is 1. The monoisotopic (exact) mass is 232 g/mol. The van der Waals surface area contributed by atoms with Crippen LogP contribution in [0.1, 0.15) is 12.5 Å². The largest absolute Gasteiger partial charge is 0.322 e. The van der Waals surface area contributed by atoms with E-state index in [2.05, 4.69) is 25.5 Å². The molecule has 0 aromatic carbocycles. The van der Waals surface area contributed by atoms with Crippen LogP contribution in [0, 0.1) is 0 Å². The van der Waals surface area contributed by atoms with Gasteiger partial charge in [-0.2, -0.15) is 11.8 Å². The van der Waals surface area contributed by atoms with Gasteiger partial charge >= 0.3 is 0 Å². The van der Waals surface area contributed by atoms with E-state index < -0.39 is 0 Å². The lowest BCUT2D eigenvalue weighted by molar-refractivity contribution is 0.549. The molecule has 1 unspecified atom stereocenters. The molecule has 0 spiro atoms. The number of aromatic nitrogens is 2. The summed E-state index contributed by atoms with van der Waals surface area (Å²) in [6.07, 6.45) is 5.16. The van der Waals surface area contributed by atoms with Crippen molar-refractivity contribution in [1.29, 1.82) is 0 Å². The molecule has 1 aliphatic rings. The van der Waals surface area contributed by atoms with Crippen LogP contribution in [-0.4, -0.2) is 21.1 Å². The second kappa shape index (κ2) is 3.19. The molecule has 1 aromatic heterocycles. The molecule has 2 nitrogen and oxygen atoms in total. The lowest BCUT2D eigenvalue weighted by Crippen LogP contribution is -2.06. The molecule has 1 aromatic rings. The molecule has 1 atom stereocenters. The molecule has 1 fully saturated rings. The number of nitrogens with zero attached hydrogens (tertiary/aromatic N) is 2. The van der Waals surface area contributed by atoms with Crippen LogP contribution in [-0.2, 0) is 0 Å². The molecule has 0 bridgehead atoms. The number of halogens is 1. The number of hydrogen-bond acceptors (Lipinski definition) is 2. The van der Waals surface area contributed by atoms with E-state index in [9.17, 15) is 0 Å². The van der Waals surface area contributed by atoms with E-state index in [1.54, 1.807) is 0 Å². The average molecular weight is 233 g/mol. The fourth-order valence-electron chi connectivity index (χ4n) is 1.31. The van der Waals surface area contributed by atoms with Gasteiger partial charge in [-0.05, 0) is 28.1 Å². The molecule has 2 heterocycles. The van der Waals surface area contributed by atoms with Crippen molar-refractivity contribution in [3.63, 3.8) is 0 Å². The van der Waals surface area contributed by atoms with Crippen LogP contribution in [0.3, 0.4) is 0 Å². The first-order valence-electron chi connectivity index (χ1n) is 3.64. The third kappa shape index (κ3) is 1.47. The van der Waals surface area contributed by atoms with Crippen molar-refractivity contribution in [2.45, 2.75) is 12.5 Å². The maximum atomic E-state index is 4.13. The molecule has 0 aliphatic carbocycles. The van der Waals surface area contributed by atoms with E-state index in [0.29, 0.717) is 6.04 Å². The van der Waals surface area contributed by atoms with Crippen molar-refractivity contribution < 1.29 is 0 Å². The summed E-state index contributed by atoms with van der Waals surface area (Å²) in [5, 5.41) is 0. The zero-order chi connectivity index (χ0) is 7.68. The second-order valence-electron chi connectivity index (χ2n) is 2.62. The topological polar surface area (TPSA) is 17.8 Å². The number of hydrogen-bond donors (Lipinski definition) is 0. The minimum atomic E-state index is 0.664. The van der Waals surface area contributed by atoms with Crippen LogP contribution in [0.5, 0.6) is 0 Å². The van der Waals surface area contributed by atoms with Gasteiger partial charge in [0.25, 0.3) is 0 Å².